The van der Waals surface area contributed by atoms with E-state index in [1.54, 1.807) is 6.92 Å². The van der Waals surface area contributed by atoms with Gasteiger partial charge in [-0.25, -0.2) is 0 Å². The highest BCUT2D eigenvalue weighted by Gasteiger charge is 2.52. The lowest BCUT2D eigenvalue weighted by molar-refractivity contribution is -0.366. The molecule has 456 valence electrons. The third kappa shape index (κ3) is 25.1. The first-order valence-electron chi connectivity index (χ1n) is 26.8. The largest absolute Gasteiger partial charge is 0.481 e. The number of nitrogens with one attached hydrogen (secondary N) is 6. The molecule has 0 aromatic rings. The first kappa shape index (κ1) is 68.9. The summed E-state index contributed by atoms with van der Waals surface area (Å²) in [6.45, 7) is -1.06. The maximum Gasteiger partial charge on any atom is 0.303 e. The minimum Gasteiger partial charge on any atom is -0.481 e. The molecule has 0 radical (unpaired) electrons. The highest BCUT2D eigenvalue weighted by atomic mass is 16.7. The first-order valence-corrected chi connectivity index (χ1v) is 26.8. The number of unbranched alkanes of at least 4 members (excludes halogenated alkanes) is 6. The lowest BCUT2D eigenvalue weighted by atomic mass is 9.96. The Morgan fingerprint density at radius 2 is 0.886 bits per heavy atom. The molecule has 3 saturated heterocycles. The highest BCUT2D eigenvalue weighted by molar-refractivity contribution is 5.85. The summed E-state index contributed by atoms with van der Waals surface area (Å²) in [6, 6.07) is 0. The molecule has 3 rings (SSSR count). The second kappa shape index (κ2) is 37.6. The lowest BCUT2D eigenvalue weighted by Crippen LogP contribution is -2.65. The molecule has 17 N–H and O–H groups in total. The molecule has 15 atom stereocenters. The van der Waals surface area contributed by atoms with Crippen LogP contribution in [0.3, 0.4) is 0 Å². The third-order valence-corrected chi connectivity index (χ3v) is 12.9. The molecule has 0 saturated carbocycles. The fraction of sp³-hybridized carbons (Fsp3) is 0.854. The van der Waals surface area contributed by atoms with Crippen LogP contribution in [0.2, 0.25) is 0 Å². The second-order valence-corrected chi connectivity index (χ2v) is 19.3. The van der Waals surface area contributed by atoms with Crippen LogP contribution < -0.4 is 31.9 Å². The van der Waals surface area contributed by atoms with Crippen molar-refractivity contribution in [3.63, 3.8) is 0 Å². The average molecular weight is 1140 g/mol. The van der Waals surface area contributed by atoms with Crippen molar-refractivity contribution in [2.45, 2.75) is 176 Å². The quantitative estimate of drug-likeness (QED) is 0.0255. The van der Waals surface area contributed by atoms with E-state index in [1.165, 1.54) is 4.90 Å². The smallest absolute Gasteiger partial charge is 0.303 e. The molecule has 6 amide bonds. The lowest BCUT2D eigenvalue weighted by Gasteiger charge is -2.46. The predicted molar refractivity (Wildman–Crippen MR) is 268 cm³/mol. The number of carbonyl (C=O) groups is 7. The summed E-state index contributed by atoms with van der Waals surface area (Å²) in [7, 11) is 0. The summed E-state index contributed by atoms with van der Waals surface area (Å²) in [5, 5.41) is 128. The van der Waals surface area contributed by atoms with Crippen molar-refractivity contribution in [2.75, 3.05) is 85.3 Å². The van der Waals surface area contributed by atoms with E-state index < -0.39 is 142 Å². The molecule has 0 aliphatic carbocycles. The fourth-order valence-electron chi connectivity index (χ4n) is 8.43. The molecule has 79 heavy (non-hydrogen) atoms. The molecule has 0 aromatic carbocycles. The van der Waals surface area contributed by atoms with E-state index in [1.807, 2.05) is 0 Å². The normalized spacial score (nSPS) is 28.8. The number of ether oxygens (including phenoxy) is 6. The van der Waals surface area contributed by atoms with Crippen molar-refractivity contribution in [1.29, 1.82) is 0 Å². The molecule has 0 aromatic heterocycles. The SMILES string of the molecule is CCNC(=O)CN(CC(=O)NCCCCCC(=O)NCCCCCC(=O)NCC(=O)NCCCCCC(=O)O)CC(=O)NCCO[C@H]1O[C@H](CO[C@H]2O[C@H](CO)[C@@H](O)[C@H](O)[C@@H]2O)[C@@H](O)[C@H](O[C@H]2O[C@H](CO)[C@@H](O)[C@H](O)[C@@H]2O)[C@@H]1O. The van der Waals surface area contributed by atoms with Crippen molar-refractivity contribution in [1.82, 2.24) is 36.8 Å². The second-order valence-electron chi connectivity index (χ2n) is 19.3. The fourth-order valence-corrected chi connectivity index (χ4v) is 8.43. The number of carbonyl (C=O) groups excluding carboxylic acids is 6. The number of nitrogens with zero attached hydrogens (tertiary/aromatic N) is 1. The Balaban J connectivity index is 1.39. The van der Waals surface area contributed by atoms with E-state index in [4.69, 9.17) is 33.5 Å². The van der Waals surface area contributed by atoms with Gasteiger partial charge in [0.1, 0.15) is 73.2 Å². The zero-order chi connectivity index (χ0) is 58.4. The van der Waals surface area contributed by atoms with Gasteiger partial charge in [0.05, 0.1) is 52.6 Å². The molecule has 0 unspecified atom stereocenters. The molecule has 3 heterocycles. The van der Waals surface area contributed by atoms with Gasteiger partial charge in [0.25, 0.3) is 0 Å². The Morgan fingerprint density at radius 1 is 0.443 bits per heavy atom. The molecule has 0 spiro atoms. The molecule has 31 heteroatoms. The summed E-state index contributed by atoms with van der Waals surface area (Å²) in [4.78, 5) is 86.6. The van der Waals surface area contributed by atoms with E-state index >= 15 is 0 Å². The number of carboxylic acid groups (broad SMARTS) is 1. The number of hydrogen-bond donors (Lipinski definition) is 17. The van der Waals surface area contributed by atoms with Crippen LogP contribution in [0, 0.1) is 0 Å². The Morgan fingerprint density at radius 3 is 1.42 bits per heavy atom. The molecular formula is C48H85N7O24. The van der Waals surface area contributed by atoms with Crippen LogP contribution in [-0.4, -0.2) is 280 Å². The maximum absolute atomic E-state index is 13.1. The minimum absolute atomic E-state index is 0.0848. The summed E-state index contributed by atoms with van der Waals surface area (Å²) in [6.07, 6.45) is -20.0. The van der Waals surface area contributed by atoms with Crippen molar-refractivity contribution in [2.24, 2.45) is 0 Å². The van der Waals surface area contributed by atoms with E-state index in [0.717, 1.165) is 0 Å². The zero-order valence-corrected chi connectivity index (χ0v) is 44.5. The van der Waals surface area contributed by atoms with Gasteiger partial charge in [0.15, 0.2) is 18.9 Å². The van der Waals surface area contributed by atoms with Crippen molar-refractivity contribution in [3.8, 4) is 0 Å². The van der Waals surface area contributed by atoms with Crippen LogP contribution in [0.25, 0.3) is 0 Å². The maximum atomic E-state index is 13.1. The number of aliphatic carboxylic acids is 1. The van der Waals surface area contributed by atoms with Gasteiger partial charge in [-0.3, -0.25) is 38.5 Å². The van der Waals surface area contributed by atoms with Crippen LogP contribution in [-0.2, 0) is 62.0 Å². The number of amides is 6. The van der Waals surface area contributed by atoms with E-state index in [0.29, 0.717) is 70.9 Å². The van der Waals surface area contributed by atoms with Gasteiger partial charge in [-0.15, -0.1) is 0 Å². The first-order chi connectivity index (χ1) is 37.7. The monoisotopic (exact) mass is 1140 g/mol. The molecular weight excluding hydrogens is 1060 g/mol. The Bertz CT molecular complexity index is 1840. The van der Waals surface area contributed by atoms with Gasteiger partial charge >= 0.3 is 5.97 Å². The van der Waals surface area contributed by atoms with E-state index in [9.17, 15) is 84.6 Å². The van der Waals surface area contributed by atoms with Gasteiger partial charge in [-0.1, -0.05) is 19.3 Å². The van der Waals surface area contributed by atoms with E-state index in [2.05, 4.69) is 31.9 Å². The molecule has 3 aliphatic rings. The molecule has 3 fully saturated rings. The summed E-state index contributed by atoms with van der Waals surface area (Å²) < 4.78 is 33.4. The minimum atomic E-state index is -1.96. The zero-order valence-electron chi connectivity index (χ0n) is 44.5. The van der Waals surface area contributed by atoms with Gasteiger partial charge < -0.3 is 116 Å². The van der Waals surface area contributed by atoms with Crippen LogP contribution >= 0.6 is 0 Å². The van der Waals surface area contributed by atoms with Crippen molar-refractivity contribution in [3.05, 3.63) is 0 Å². The summed E-state index contributed by atoms with van der Waals surface area (Å²) in [5.74, 6) is -3.15. The van der Waals surface area contributed by atoms with Gasteiger partial charge in [0.2, 0.25) is 35.4 Å². The van der Waals surface area contributed by atoms with Crippen LogP contribution in [0.4, 0.5) is 0 Å². The van der Waals surface area contributed by atoms with Gasteiger partial charge in [-0.05, 0) is 45.4 Å². The number of rotatable bonds is 38. The topological polar surface area (TPSA) is 473 Å². The molecule has 31 nitrogen and oxygen atoms in total. The number of carboxylic acids is 1. The predicted octanol–water partition coefficient (Wildman–Crippen LogP) is -7.76. The molecule has 0 bridgehead atoms. The van der Waals surface area contributed by atoms with Crippen LogP contribution in [0.5, 0.6) is 0 Å². The number of hydrogen-bond acceptors (Lipinski definition) is 24. The van der Waals surface area contributed by atoms with Gasteiger partial charge in [0, 0.05) is 52.0 Å². The Labute approximate surface area is 456 Å². The number of likely N-dealkylation sites (N-methyl/N-ethyl adjacent to an activating group) is 1. The van der Waals surface area contributed by atoms with Crippen molar-refractivity contribution >= 4 is 41.4 Å². The van der Waals surface area contributed by atoms with E-state index in [-0.39, 0.29) is 82.9 Å². The average Bonchev–Trinajstić information content (AvgIpc) is 3.44. The summed E-state index contributed by atoms with van der Waals surface area (Å²) >= 11 is 0. The third-order valence-electron chi connectivity index (χ3n) is 12.9. The number of aliphatic hydroxyl groups is 10. The standard InChI is InChI=1S/C48H85N7O24/c1-2-49-33(61)21-55(22-34(62)52-17-10-3-6-12-30(58)50-15-9-4-7-13-31(59)54-20-32(60)51-16-11-5-8-14-36(64)65)23-35(63)53-18-19-74-47-44(73)45(79-48-43(72)41(70)38(67)28(25-57)77-48)39(68)29(78-47)26-75-46-42(71)40(69)37(66)27(24-56)76-46/h27-29,37-48,56-57,66-73H,2-26H2,1H3,(H,49,61)(H,50,58)(H,51,60)(H,52,62)(H,53,63)(H,54,59)(H,64,65)/t27-,28-,29-,37-,38-,39-,40+,41+,42+,43+,44+,45+,46+,47+,48-/m1/s1. The Hall–Kier alpha value is -4.39. The summed E-state index contributed by atoms with van der Waals surface area (Å²) in [5.41, 5.74) is 0. The Kier molecular flexibility index (Phi) is 32.8. The van der Waals surface area contributed by atoms with Crippen molar-refractivity contribution < 1.29 is 118 Å². The van der Waals surface area contributed by atoms with Crippen LogP contribution in [0.1, 0.15) is 84.0 Å². The number of aliphatic hydroxyl groups excluding tert-OH is 10. The van der Waals surface area contributed by atoms with Crippen LogP contribution in [0.15, 0.2) is 0 Å². The molecule has 3 aliphatic heterocycles. The van der Waals surface area contributed by atoms with Gasteiger partial charge in [-0.2, -0.15) is 0 Å². The highest BCUT2D eigenvalue weighted by Crippen LogP contribution is 2.31.